The summed E-state index contributed by atoms with van der Waals surface area (Å²) in [6, 6.07) is 0. The average Bonchev–Trinajstić information content (AvgIpc) is 1.69. The molecule has 0 aromatic rings. The van der Waals surface area contributed by atoms with Crippen LogP contribution in [0.3, 0.4) is 0 Å². The van der Waals surface area contributed by atoms with E-state index in [-0.39, 0.29) is 29.6 Å². The van der Waals surface area contributed by atoms with E-state index >= 15 is 0 Å². The van der Waals surface area contributed by atoms with Crippen molar-refractivity contribution >= 4 is 0 Å². The normalized spacial score (nSPS) is 8.25. The fourth-order valence-electron chi connectivity index (χ4n) is 0.553. The molecule has 0 rings (SSSR count). The van der Waals surface area contributed by atoms with Gasteiger partial charge in [-0.15, -0.1) is 0 Å². The van der Waals surface area contributed by atoms with Crippen molar-refractivity contribution in [1.82, 2.24) is 0 Å². The fourth-order valence-corrected chi connectivity index (χ4v) is 0.553. The van der Waals surface area contributed by atoms with E-state index in [0.29, 0.717) is 0 Å². The molecule has 0 heterocycles. The molecule has 1 heteroatoms. The molecular weight excluding hydrogens is 107 g/mol. The van der Waals surface area contributed by atoms with Gasteiger partial charge in [0.25, 0.3) is 0 Å². The molecule has 44 valence electrons. The molecule has 0 spiro atoms. The summed E-state index contributed by atoms with van der Waals surface area (Å²) < 4.78 is 0. The topological polar surface area (TPSA) is 0 Å². The van der Waals surface area contributed by atoms with Gasteiger partial charge in [0, 0.05) is 0 Å². The SMILES string of the molecule is CC[CH-]CCCC.[Na+]. The summed E-state index contributed by atoms with van der Waals surface area (Å²) >= 11 is 0. The monoisotopic (exact) mass is 122 g/mol. The van der Waals surface area contributed by atoms with Crippen LogP contribution < -0.4 is 29.6 Å². The van der Waals surface area contributed by atoms with Gasteiger partial charge >= 0.3 is 29.6 Å². The maximum atomic E-state index is 2.34. The molecule has 0 amide bonds. The minimum Gasteiger partial charge on any atom is -0.329 e. The van der Waals surface area contributed by atoms with Crippen LogP contribution in [0.25, 0.3) is 0 Å². The molecule has 0 aliphatic rings. The van der Waals surface area contributed by atoms with E-state index in [1.165, 1.54) is 25.7 Å². The first-order valence-corrected chi connectivity index (χ1v) is 3.23. The van der Waals surface area contributed by atoms with Crippen LogP contribution in [0, 0.1) is 6.42 Å². The average molecular weight is 122 g/mol. The summed E-state index contributed by atoms with van der Waals surface area (Å²) in [7, 11) is 0. The summed E-state index contributed by atoms with van der Waals surface area (Å²) in [4.78, 5) is 0. The van der Waals surface area contributed by atoms with Crippen molar-refractivity contribution in [3.8, 4) is 0 Å². The summed E-state index contributed by atoms with van der Waals surface area (Å²) in [6.07, 6.45) is 7.58. The molecule has 0 saturated heterocycles. The maximum absolute atomic E-state index is 2.34. The molecule has 0 bridgehead atoms. The van der Waals surface area contributed by atoms with Crippen LogP contribution in [-0.2, 0) is 0 Å². The van der Waals surface area contributed by atoms with Crippen molar-refractivity contribution in [2.24, 2.45) is 0 Å². The van der Waals surface area contributed by atoms with Gasteiger partial charge < -0.3 is 6.42 Å². The van der Waals surface area contributed by atoms with Crippen LogP contribution >= 0.6 is 0 Å². The summed E-state index contributed by atoms with van der Waals surface area (Å²) in [5.74, 6) is 0. The minimum atomic E-state index is 0. The Balaban J connectivity index is 0. The Labute approximate surface area is 75.3 Å². The Kier molecular flexibility index (Phi) is 16.0. The summed E-state index contributed by atoms with van der Waals surface area (Å²) in [6.45, 7) is 4.42. The summed E-state index contributed by atoms with van der Waals surface area (Å²) in [5.41, 5.74) is 0. The van der Waals surface area contributed by atoms with Gasteiger partial charge in [0.1, 0.15) is 0 Å². The van der Waals surface area contributed by atoms with E-state index in [0.717, 1.165) is 0 Å². The van der Waals surface area contributed by atoms with Gasteiger partial charge in [-0.05, 0) is 0 Å². The zero-order chi connectivity index (χ0) is 5.54. The zero-order valence-corrected chi connectivity index (χ0v) is 8.41. The van der Waals surface area contributed by atoms with Crippen LogP contribution in [0.15, 0.2) is 0 Å². The van der Waals surface area contributed by atoms with Crippen LogP contribution in [0.1, 0.15) is 39.5 Å². The molecule has 0 saturated carbocycles. The Bertz CT molecular complexity index is 23.6. The molecule has 0 nitrogen and oxygen atoms in total. The fraction of sp³-hybridized carbons (Fsp3) is 0.857. The van der Waals surface area contributed by atoms with Gasteiger partial charge in [0.05, 0.1) is 0 Å². The van der Waals surface area contributed by atoms with Gasteiger partial charge in [0.15, 0.2) is 0 Å². The molecule has 0 aromatic heterocycles. The predicted octanol–water partition coefficient (Wildman–Crippen LogP) is -0.205. The molecule has 8 heavy (non-hydrogen) atoms. The summed E-state index contributed by atoms with van der Waals surface area (Å²) in [5, 5.41) is 0. The smallest absolute Gasteiger partial charge is 0.329 e. The van der Waals surface area contributed by atoms with Gasteiger partial charge in [-0.25, -0.2) is 0 Å². The van der Waals surface area contributed by atoms with Crippen molar-refractivity contribution in [3.05, 3.63) is 6.42 Å². The Morgan fingerprint density at radius 3 is 2.25 bits per heavy atom. The second kappa shape index (κ2) is 10.9. The Hall–Kier alpha value is 1.00. The third-order valence-corrected chi connectivity index (χ3v) is 1.05. The van der Waals surface area contributed by atoms with E-state index in [9.17, 15) is 0 Å². The van der Waals surface area contributed by atoms with Gasteiger partial charge in [-0.2, -0.15) is 12.8 Å². The largest absolute Gasteiger partial charge is 1.00 e. The first-order chi connectivity index (χ1) is 3.41. The molecule has 0 aliphatic heterocycles. The number of hydrogen-bond donors (Lipinski definition) is 0. The van der Waals surface area contributed by atoms with Crippen LogP contribution in [0.4, 0.5) is 0 Å². The number of unbranched alkanes of at least 4 members (excludes halogenated alkanes) is 4. The number of rotatable bonds is 4. The molecule has 0 fully saturated rings. The molecule has 0 atom stereocenters. The van der Waals surface area contributed by atoms with Crippen molar-refractivity contribution in [1.29, 1.82) is 0 Å². The van der Waals surface area contributed by atoms with E-state index in [2.05, 4.69) is 20.3 Å². The molecule has 0 aliphatic carbocycles. The van der Waals surface area contributed by atoms with E-state index in [1.54, 1.807) is 0 Å². The molecule has 0 N–H and O–H groups in total. The third-order valence-electron chi connectivity index (χ3n) is 1.05. The van der Waals surface area contributed by atoms with Crippen LogP contribution in [-0.4, -0.2) is 0 Å². The zero-order valence-electron chi connectivity index (χ0n) is 6.41. The van der Waals surface area contributed by atoms with Gasteiger partial charge in [-0.3, -0.25) is 0 Å². The van der Waals surface area contributed by atoms with Crippen molar-refractivity contribution in [3.63, 3.8) is 0 Å². The second-order valence-electron chi connectivity index (χ2n) is 1.84. The first-order valence-electron chi connectivity index (χ1n) is 3.23. The standard InChI is InChI=1S/C7H15.Na/c1-3-5-7-6-4-2;/h5H,3-4,6-7H2,1-2H3;/q-1;+1. The van der Waals surface area contributed by atoms with Crippen molar-refractivity contribution in [2.45, 2.75) is 39.5 Å². The van der Waals surface area contributed by atoms with Crippen molar-refractivity contribution < 1.29 is 29.6 Å². The predicted molar refractivity (Wildman–Crippen MR) is 34.1 cm³/mol. The molecule has 0 aromatic carbocycles. The van der Waals surface area contributed by atoms with Gasteiger partial charge in [0.2, 0.25) is 0 Å². The molecule has 0 radical (unpaired) electrons. The van der Waals surface area contributed by atoms with Crippen molar-refractivity contribution in [2.75, 3.05) is 0 Å². The molecule has 0 unspecified atom stereocenters. The quantitative estimate of drug-likeness (QED) is 0.275. The molecular formula is C7H15Na. The Morgan fingerprint density at radius 2 is 1.88 bits per heavy atom. The number of hydrogen-bond acceptors (Lipinski definition) is 0. The van der Waals surface area contributed by atoms with Gasteiger partial charge in [-0.1, -0.05) is 26.7 Å². The van der Waals surface area contributed by atoms with E-state index in [4.69, 9.17) is 0 Å². The van der Waals surface area contributed by atoms with E-state index < -0.39 is 0 Å². The third kappa shape index (κ3) is 10.1. The maximum Gasteiger partial charge on any atom is 1.00 e. The van der Waals surface area contributed by atoms with E-state index in [1.807, 2.05) is 0 Å². The Morgan fingerprint density at radius 1 is 1.25 bits per heavy atom. The minimum absolute atomic E-state index is 0. The second-order valence-corrected chi connectivity index (χ2v) is 1.84. The first kappa shape index (κ1) is 11.8. The van der Waals surface area contributed by atoms with Crippen LogP contribution in [0.2, 0.25) is 0 Å². The van der Waals surface area contributed by atoms with Crippen LogP contribution in [0.5, 0.6) is 0 Å².